The van der Waals surface area contributed by atoms with E-state index < -0.39 is 0 Å². The van der Waals surface area contributed by atoms with Crippen LogP contribution in [0.4, 0.5) is 9.52 Å². The second-order valence-electron chi connectivity index (χ2n) is 6.56. The molecule has 0 radical (unpaired) electrons. The molecule has 0 spiro atoms. The number of aryl methyl sites for hydroxylation is 2. The van der Waals surface area contributed by atoms with E-state index >= 15 is 0 Å². The lowest BCUT2D eigenvalue weighted by Gasteiger charge is -2.08. The first-order valence-corrected chi connectivity index (χ1v) is 9.76. The summed E-state index contributed by atoms with van der Waals surface area (Å²) in [4.78, 5) is 22.8. The Morgan fingerprint density at radius 3 is 2.55 bits per heavy atom. The van der Waals surface area contributed by atoms with Crippen molar-refractivity contribution < 1.29 is 13.9 Å². The molecule has 0 aliphatic rings. The number of halogens is 1. The Morgan fingerprint density at radius 2 is 1.83 bits per heavy atom. The van der Waals surface area contributed by atoms with Crippen LogP contribution in [-0.4, -0.2) is 23.0 Å². The fraction of sp³-hybridized carbons (Fsp3) is 0.136. The average Bonchev–Trinajstić information content (AvgIpc) is 3.07. The molecule has 0 aliphatic carbocycles. The van der Waals surface area contributed by atoms with Gasteiger partial charge in [0.1, 0.15) is 11.6 Å². The van der Waals surface area contributed by atoms with Gasteiger partial charge in [0.05, 0.1) is 29.6 Å². The van der Waals surface area contributed by atoms with Gasteiger partial charge in [0.2, 0.25) is 0 Å². The van der Waals surface area contributed by atoms with Gasteiger partial charge in [0, 0.05) is 15.8 Å². The molecule has 1 N–H and O–H groups in total. The molecule has 2 aromatic heterocycles. The molecule has 0 saturated carbocycles. The lowest BCUT2D eigenvalue weighted by atomic mass is 10.1. The Balaban J connectivity index is 1.63. The summed E-state index contributed by atoms with van der Waals surface area (Å²) >= 11 is 1.37. The number of pyridine rings is 1. The Hall–Kier alpha value is -3.32. The predicted octanol–water partition coefficient (Wildman–Crippen LogP) is 5.38. The van der Waals surface area contributed by atoms with E-state index in [0.717, 1.165) is 27.0 Å². The average molecular weight is 407 g/mol. The van der Waals surface area contributed by atoms with Crippen LogP contribution in [0.2, 0.25) is 0 Å². The molecular formula is C22H18FN3O2S. The van der Waals surface area contributed by atoms with Crippen LogP contribution < -0.4 is 10.1 Å². The van der Waals surface area contributed by atoms with Crippen LogP contribution in [0.25, 0.3) is 22.2 Å². The molecule has 4 rings (SSSR count). The van der Waals surface area contributed by atoms with Gasteiger partial charge in [-0.1, -0.05) is 0 Å². The van der Waals surface area contributed by atoms with Crippen LogP contribution >= 0.6 is 11.3 Å². The molecule has 146 valence electrons. The van der Waals surface area contributed by atoms with Gasteiger partial charge in [0.15, 0.2) is 5.13 Å². The van der Waals surface area contributed by atoms with Crippen molar-refractivity contribution in [1.82, 2.24) is 9.97 Å². The van der Waals surface area contributed by atoms with Gasteiger partial charge in [-0.3, -0.25) is 15.1 Å². The van der Waals surface area contributed by atoms with Crippen LogP contribution in [-0.2, 0) is 0 Å². The zero-order chi connectivity index (χ0) is 20.5. The van der Waals surface area contributed by atoms with E-state index in [9.17, 15) is 9.18 Å². The van der Waals surface area contributed by atoms with E-state index in [2.05, 4.69) is 15.3 Å². The highest BCUT2D eigenvalue weighted by molar-refractivity contribution is 7.16. The number of fused-ring (bicyclic) bond motifs is 1. The number of amides is 1. The Kier molecular flexibility index (Phi) is 4.98. The number of rotatable bonds is 4. The van der Waals surface area contributed by atoms with E-state index in [1.807, 2.05) is 25.1 Å². The summed E-state index contributed by atoms with van der Waals surface area (Å²) in [6, 6.07) is 13.5. The quantitative estimate of drug-likeness (QED) is 0.494. The van der Waals surface area contributed by atoms with Crippen LogP contribution in [0.5, 0.6) is 5.75 Å². The number of hydrogen-bond donors (Lipinski definition) is 1. The van der Waals surface area contributed by atoms with Crippen molar-refractivity contribution in [3.05, 3.63) is 70.5 Å². The van der Waals surface area contributed by atoms with Crippen LogP contribution in [0.3, 0.4) is 0 Å². The molecule has 0 unspecified atom stereocenters. The Morgan fingerprint density at radius 1 is 1.07 bits per heavy atom. The molecule has 2 heterocycles. The maximum absolute atomic E-state index is 13.2. The molecule has 2 aromatic carbocycles. The SMILES string of the molecule is COc1ccc2nc(C)c(C(=O)Nc3nc(-c4ccc(F)cc4)c(C)s3)cc2c1. The third-order valence-corrected chi connectivity index (χ3v) is 5.48. The monoisotopic (exact) mass is 407 g/mol. The minimum atomic E-state index is -0.300. The molecule has 1 amide bonds. The van der Waals surface area contributed by atoms with Gasteiger partial charge in [-0.25, -0.2) is 9.37 Å². The number of nitrogens with zero attached hydrogens (tertiary/aromatic N) is 2. The predicted molar refractivity (Wildman–Crippen MR) is 113 cm³/mol. The summed E-state index contributed by atoms with van der Waals surface area (Å²) in [5.74, 6) is 0.124. The lowest BCUT2D eigenvalue weighted by Crippen LogP contribution is -2.14. The fourth-order valence-electron chi connectivity index (χ4n) is 3.10. The Bertz CT molecular complexity index is 1220. The zero-order valence-corrected chi connectivity index (χ0v) is 16.9. The van der Waals surface area contributed by atoms with Crippen molar-refractivity contribution >= 4 is 33.3 Å². The molecule has 0 saturated heterocycles. The summed E-state index contributed by atoms with van der Waals surface area (Å²) in [7, 11) is 1.60. The van der Waals surface area contributed by atoms with E-state index in [-0.39, 0.29) is 11.7 Å². The number of anilines is 1. The van der Waals surface area contributed by atoms with Crippen molar-refractivity contribution in [3.8, 4) is 17.0 Å². The van der Waals surface area contributed by atoms with Gasteiger partial charge < -0.3 is 4.74 Å². The largest absolute Gasteiger partial charge is 0.497 e. The number of thiazole rings is 1. The molecule has 0 aliphatic heterocycles. The van der Waals surface area contributed by atoms with Crippen LogP contribution in [0.1, 0.15) is 20.9 Å². The first-order valence-electron chi connectivity index (χ1n) is 8.94. The number of aromatic nitrogens is 2. The summed E-state index contributed by atoms with van der Waals surface area (Å²) in [6.07, 6.45) is 0. The molecule has 4 aromatic rings. The summed E-state index contributed by atoms with van der Waals surface area (Å²) < 4.78 is 18.4. The maximum atomic E-state index is 13.2. The van der Waals surface area contributed by atoms with Crippen molar-refractivity contribution in [1.29, 1.82) is 0 Å². The van der Waals surface area contributed by atoms with E-state index in [1.165, 1.54) is 23.5 Å². The number of hydrogen-bond acceptors (Lipinski definition) is 5. The normalized spacial score (nSPS) is 10.9. The smallest absolute Gasteiger partial charge is 0.259 e. The molecule has 0 fully saturated rings. The first kappa shape index (κ1) is 19.0. The molecule has 5 nitrogen and oxygen atoms in total. The number of benzene rings is 2. The fourth-order valence-corrected chi connectivity index (χ4v) is 3.93. The number of methoxy groups -OCH3 is 1. The second kappa shape index (κ2) is 7.60. The van der Waals surface area contributed by atoms with Crippen LogP contribution in [0, 0.1) is 19.7 Å². The molecule has 29 heavy (non-hydrogen) atoms. The molecule has 0 bridgehead atoms. The topological polar surface area (TPSA) is 64.1 Å². The van der Waals surface area contributed by atoms with Crippen molar-refractivity contribution in [2.75, 3.05) is 12.4 Å². The highest BCUT2D eigenvalue weighted by Crippen LogP contribution is 2.31. The second-order valence-corrected chi connectivity index (χ2v) is 7.77. The van der Waals surface area contributed by atoms with Gasteiger partial charge in [-0.2, -0.15) is 0 Å². The highest BCUT2D eigenvalue weighted by Gasteiger charge is 2.16. The van der Waals surface area contributed by atoms with Gasteiger partial charge in [0.25, 0.3) is 5.91 Å². The minimum absolute atomic E-state index is 0.279. The van der Waals surface area contributed by atoms with Gasteiger partial charge in [-0.05, 0) is 62.4 Å². The molecule has 7 heteroatoms. The van der Waals surface area contributed by atoms with Crippen molar-refractivity contribution in [2.45, 2.75) is 13.8 Å². The summed E-state index contributed by atoms with van der Waals surface area (Å²) in [5.41, 5.74) is 3.43. The third-order valence-electron chi connectivity index (χ3n) is 4.59. The standard InChI is InChI=1S/C22H18FN3O2S/c1-12-18(11-15-10-17(28-3)8-9-19(15)24-12)21(27)26-22-25-20(13(2)29-22)14-4-6-16(23)7-5-14/h4-11H,1-3H3,(H,25,26,27). The van der Waals surface area contributed by atoms with Gasteiger partial charge in [-0.15, -0.1) is 11.3 Å². The first-order chi connectivity index (χ1) is 13.9. The molecule has 0 atom stereocenters. The number of carbonyl (C=O) groups excluding carboxylic acids is 1. The lowest BCUT2D eigenvalue weighted by molar-refractivity contribution is 0.102. The van der Waals surface area contributed by atoms with Crippen LogP contribution in [0.15, 0.2) is 48.5 Å². The molecular weight excluding hydrogens is 389 g/mol. The number of ether oxygens (including phenoxy) is 1. The van der Waals surface area contributed by atoms with Gasteiger partial charge >= 0.3 is 0 Å². The third kappa shape index (κ3) is 3.82. The van der Waals surface area contributed by atoms with Crippen molar-refractivity contribution in [2.24, 2.45) is 0 Å². The Labute approximate surface area is 171 Å². The van der Waals surface area contributed by atoms with Crippen molar-refractivity contribution in [3.63, 3.8) is 0 Å². The van der Waals surface area contributed by atoms with E-state index in [1.54, 1.807) is 32.2 Å². The number of carbonyl (C=O) groups is 1. The minimum Gasteiger partial charge on any atom is -0.497 e. The maximum Gasteiger partial charge on any atom is 0.259 e. The van der Waals surface area contributed by atoms with E-state index in [4.69, 9.17) is 4.74 Å². The summed E-state index contributed by atoms with van der Waals surface area (Å²) in [5, 5.41) is 4.16. The zero-order valence-electron chi connectivity index (χ0n) is 16.1. The highest BCUT2D eigenvalue weighted by atomic mass is 32.1. The summed E-state index contributed by atoms with van der Waals surface area (Å²) in [6.45, 7) is 3.72. The van der Waals surface area contributed by atoms with E-state index in [0.29, 0.717) is 22.1 Å². The number of nitrogens with one attached hydrogen (secondary N) is 1.